The molecule has 0 spiro atoms. The van der Waals surface area contributed by atoms with E-state index in [0.717, 1.165) is 12.8 Å². The monoisotopic (exact) mass is 346 g/mol. The third-order valence-electron chi connectivity index (χ3n) is 5.40. The second-order valence-corrected chi connectivity index (χ2v) is 7.60. The molecule has 0 amide bonds. The van der Waals surface area contributed by atoms with Gasteiger partial charge >= 0.3 is 5.97 Å². The summed E-state index contributed by atoms with van der Waals surface area (Å²) in [7, 11) is 3.55. The number of aliphatic hydroxyl groups is 2. The van der Waals surface area contributed by atoms with Crippen LogP contribution in [0.4, 0.5) is 0 Å². The minimum absolute atomic E-state index is 0.104. The van der Waals surface area contributed by atoms with Crippen molar-refractivity contribution in [2.45, 2.75) is 83.1 Å². The van der Waals surface area contributed by atoms with Gasteiger partial charge in [-0.25, -0.2) is 4.79 Å². The number of rotatable bonds is 16. The largest absolute Gasteiger partial charge is 0.476 e. The molecule has 0 aromatic rings. The summed E-state index contributed by atoms with van der Waals surface area (Å²) in [4.78, 5) is 11.5. The minimum Gasteiger partial charge on any atom is -0.476 e. The smallest absolute Gasteiger partial charge is 0.370 e. The lowest BCUT2D eigenvalue weighted by Crippen LogP contribution is -2.68. The van der Waals surface area contributed by atoms with Crippen LogP contribution in [-0.4, -0.2) is 65.2 Å². The molecule has 0 aromatic heterocycles. The number of nitrogens with zero attached hydrogens (tertiary/aromatic N) is 1. The number of quaternary nitrogens is 1. The molecule has 0 bridgehead atoms. The predicted molar refractivity (Wildman–Crippen MR) is 98.0 cm³/mol. The van der Waals surface area contributed by atoms with Gasteiger partial charge in [0.1, 0.15) is 13.2 Å². The topological polar surface area (TPSA) is 77.8 Å². The van der Waals surface area contributed by atoms with Gasteiger partial charge in [0.05, 0.1) is 20.6 Å². The van der Waals surface area contributed by atoms with Gasteiger partial charge in [0.25, 0.3) is 0 Å². The van der Waals surface area contributed by atoms with Crippen LogP contribution in [0.1, 0.15) is 77.6 Å². The average molecular weight is 347 g/mol. The molecule has 5 nitrogen and oxygen atoms in total. The number of carboxylic acid groups (broad SMARTS) is 1. The summed E-state index contributed by atoms with van der Waals surface area (Å²) in [6, 6.07) is 0. The van der Waals surface area contributed by atoms with E-state index in [1.54, 1.807) is 14.1 Å². The van der Waals surface area contributed by atoms with Gasteiger partial charge in [0, 0.05) is 0 Å². The summed E-state index contributed by atoms with van der Waals surface area (Å²) in [5.41, 5.74) is -1.52. The van der Waals surface area contributed by atoms with Crippen LogP contribution in [0.15, 0.2) is 0 Å². The van der Waals surface area contributed by atoms with Gasteiger partial charge in [0.2, 0.25) is 5.54 Å². The molecule has 0 saturated heterocycles. The van der Waals surface area contributed by atoms with Crippen LogP contribution in [0.3, 0.4) is 0 Å². The number of hydrogen-bond acceptors (Lipinski definition) is 3. The summed E-state index contributed by atoms with van der Waals surface area (Å²) in [6.45, 7) is 1.78. The molecule has 0 heterocycles. The highest BCUT2D eigenvalue weighted by Crippen LogP contribution is 2.22. The van der Waals surface area contributed by atoms with Crippen molar-refractivity contribution in [3.05, 3.63) is 0 Å². The highest BCUT2D eigenvalue weighted by Gasteiger charge is 2.51. The SMILES string of the molecule is CCCCCCCCCCCCC[N+](C)(C)C(CO)(CO)C(=O)O. The van der Waals surface area contributed by atoms with E-state index < -0.39 is 24.7 Å². The Kier molecular flexibility index (Phi) is 12.3. The summed E-state index contributed by atoms with van der Waals surface area (Å²) < 4.78 is 0.104. The summed E-state index contributed by atoms with van der Waals surface area (Å²) >= 11 is 0. The van der Waals surface area contributed by atoms with E-state index in [2.05, 4.69) is 6.92 Å². The first-order chi connectivity index (χ1) is 11.4. The fourth-order valence-electron chi connectivity index (χ4n) is 3.21. The van der Waals surface area contributed by atoms with Crippen molar-refractivity contribution in [2.24, 2.45) is 0 Å². The molecule has 3 N–H and O–H groups in total. The molecule has 0 atom stereocenters. The van der Waals surface area contributed by atoms with Crippen LogP contribution in [-0.2, 0) is 4.79 Å². The molecule has 0 aliphatic heterocycles. The van der Waals surface area contributed by atoms with Crippen molar-refractivity contribution in [1.29, 1.82) is 0 Å². The van der Waals surface area contributed by atoms with Crippen molar-refractivity contribution in [2.75, 3.05) is 33.9 Å². The highest BCUT2D eigenvalue weighted by molar-refractivity contribution is 5.77. The number of likely N-dealkylation sites (N-methyl/N-ethyl adjacent to an activating group) is 1. The van der Waals surface area contributed by atoms with Crippen molar-refractivity contribution < 1.29 is 24.6 Å². The number of unbranched alkanes of at least 4 members (excludes halogenated alkanes) is 10. The Hall–Kier alpha value is -0.650. The second-order valence-electron chi connectivity index (χ2n) is 7.60. The van der Waals surface area contributed by atoms with Crippen molar-refractivity contribution in [1.82, 2.24) is 0 Å². The molecule has 144 valence electrons. The standard InChI is InChI=1S/C19H39NO4/c1-4-5-6-7-8-9-10-11-12-13-14-15-20(2,3)19(16-21,17-22)18(23)24/h21-22H,4-17H2,1-3H3/p+1. The first-order valence-electron chi connectivity index (χ1n) is 9.66. The highest BCUT2D eigenvalue weighted by atomic mass is 16.4. The first-order valence-corrected chi connectivity index (χ1v) is 9.66. The molecule has 0 radical (unpaired) electrons. The van der Waals surface area contributed by atoms with Crippen LogP contribution in [0.2, 0.25) is 0 Å². The Labute approximate surface area is 148 Å². The minimum atomic E-state index is -1.52. The normalized spacial score (nSPS) is 12.5. The van der Waals surface area contributed by atoms with Crippen LogP contribution in [0.25, 0.3) is 0 Å². The Bertz CT molecular complexity index is 327. The van der Waals surface area contributed by atoms with Gasteiger partial charge in [-0.05, 0) is 12.8 Å². The number of hydrogen-bond donors (Lipinski definition) is 3. The van der Waals surface area contributed by atoms with Gasteiger partial charge in [-0.15, -0.1) is 0 Å². The summed E-state index contributed by atoms with van der Waals surface area (Å²) in [5, 5.41) is 28.4. The van der Waals surface area contributed by atoms with Crippen molar-refractivity contribution >= 4 is 5.97 Å². The Morgan fingerprint density at radius 2 is 1.17 bits per heavy atom. The fourth-order valence-corrected chi connectivity index (χ4v) is 3.21. The summed E-state index contributed by atoms with van der Waals surface area (Å²) in [6.07, 6.45) is 13.7. The van der Waals surface area contributed by atoms with Gasteiger partial charge < -0.3 is 19.8 Å². The first kappa shape index (κ1) is 23.4. The second kappa shape index (κ2) is 12.7. The van der Waals surface area contributed by atoms with Crippen LogP contribution < -0.4 is 0 Å². The lowest BCUT2D eigenvalue weighted by Gasteiger charge is -2.43. The molecule has 0 aliphatic carbocycles. The summed E-state index contributed by atoms with van der Waals surface area (Å²) in [5.74, 6) is -1.14. The maximum absolute atomic E-state index is 11.5. The van der Waals surface area contributed by atoms with E-state index in [-0.39, 0.29) is 4.48 Å². The molecule has 0 saturated carbocycles. The molecular formula is C19H40NO4+. The zero-order valence-corrected chi connectivity index (χ0v) is 16.1. The van der Waals surface area contributed by atoms with Crippen LogP contribution in [0, 0.1) is 0 Å². The van der Waals surface area contributed by atoms with E-state index in [0.29, 0.717) is 6.54 Å². The van der Waals surface area contributed by atoms with Crippen molar-refractivity contribution in [3.63, 3.8) is 0 Å². The lowest BCUT2D eigenvalue weighted by molar-refractivity contribution is -0.933. The van der Waals surface area contributed by atoms with E-state index >= 15 is 0 Å². The maximum Gasteiger partial charge on any atom is 0.370 e. The van der Waals surface area contributed by atoms with Gasteiger partial charge in [-0.3, -0.25) is 0 Å². The van der Waals surface area contributed by atoms with Gasteiger partial charge in [-0.1, -0.05) is 64.7 Å². The Morgan fingerprint density at radius 1 is 0.792 bits per heavy atom. The molecule has 0 fully saturated rings. The number of carboxylic acids is 1. The number of aliphatic hydroxyl groups excluding tert-OH is 2. The number of carbonyl (C=O) groups is 1. The van der Waals surface area contributed by atoms with Crippen molar-refractivity contribution in [3.8, 4) is 0 Å². The van der Waals surface area contributed by atoms with E-state index in [1.807, 2.05) is 0 Å². The maximum atomic E-state index is 11.5. The molecule has 0 aliphatic rings. The number of aliphatic carboxylic acids is 1. The fraction of sp³-hybridized carbons (Fsp3) is 0.947. The van der Waals surface area contributed by atoms with Crippen LogP contribution in [0.5, 0.6) is 0 Å². The quantitative estimate of drug-likeness (QED) is 0.296. The molecular weight excluding hydrogens is 306 g/mol. The van der Waals surface area contributed by atoms with Crippen LogP contribution >= 0.6 is 0 Å². The zero-order valence-electron chi connectivity index (χ0n) is 16.1. The Balaban J connectivity index is 3.88. The third-order valence-corrected chi connectivity index (χ3v) is 5.40. The molecule has 0 aromatic carbocycles. The average Bonchev–Trinajstić information content (AvgIpc) is 2.53. The zero-order chi connectivity index (χ0) is 18.5. The molecule has 0 unspecified atom stereocenters. The third kappa shape index (κ3) is 7.49. The van der Waals surface area contributed by atoms with E-state index in [1.165, 1.54) is 57.8 Å². The van der Waals surface area contributed by atoms with E-state index in [9.17, 15) is 20.1 Å². The lowest BCUT2D eigenvalue weighted by atomic mass is 9.96. The molecule has 0 rings (SSSR count). The molecule has 24 heavy (non-hydrogen) atoms. The van der Waals surface area contributed by atoms with Gasteiger partial charge in [-0.2, -0.15) is 0 Å². The van der Waals surface area contributed by atoms with E-state index in [4.69, 9.17) is 0 Å². The predicted octanol–water partition coefficient (Wildman–Crippen LogP) is 3.18. The molecule has 5 heteroatoms. The van der Waals surface area contributed by atoms with Gasteiger partial charge in [0.15, 0.2) is 0 Å². The Morgan fingerprint density at radius 3 is 1.50 bits per heavy atom.